The molecule has 2 fully saturated rings. The first-order valence-corrected chi connectivity index (χ1v) is 10.4. The van der Waals surface area contributed by atoms with Crippen LogP contribution in [0.15, 0.2) is 12.1 Å². The monoisotopic (exact) mass is 370 g/mol. The molecule has 146 valence electrons. The summed E-state index contributed by atoms with van der Waals surface area (Å²) in [6.45, 7) is 4.13. The standard InChI is InChI=1S/C23H30O4/c1-13-10-18-14(11-19(13)24)6-7-17-16(18)8-9-23(2)20(25)12-15(22(17)23)4-3-5-21(26)27/h10-11,15-17,22,24H,3-9,12H2,1-2H3,(H,26,27)/t15?,16-,17+,22-,23+/m0/s1. The number of Topliss-reactive ketones (excluding diaryl/α,β-unsaturated/α-hetero) is 1. The Hall–Kier alpha value is -1.84. The molecule has 3 aliphatic rings. The molecule has 0 heterocycles. The van der Waals surface area contributed by atoms with E-state index in [9.17, 15) is 14.7 Å². The molecule has 4 rings (SSSR count). The average Bonchev–Trinajstić information content (AvgIpc) is 2.86. The van der Waals surface area contributed by atoms with Gasteiger partial charge in [-0.2, -0.15) is 0 Å². The fourth-order valence-corrected chi connectivity index (χ4v) is 6.56. The molecule has 0 saturated heterocycles. The van der Waals surface area contributed by atoms with Crippen molar-refractivity contribution >= 4 is 11.8 Å². The Labute approximate surface area is 161 Å². The summed E-state index contributed by atoms with van der Waals surface area (Å²) in [5.74, 6) is 1.72. The first-order chi connectivity index (χ1) is 12.8. The van der Waals surface area contributed by atoms with Gasteiger partial charge >= 0.3 is 5.97 Å². The molecular weight excluding hydrogens is 340 g/mol. The molecule has 0 radical (unpaired) electrons. The Morgan fingerprint density at radius 3 is 2.81 bits per heavy atom. The molecule has 0 aliphatic heterocycles. The summed E-state index contributed by atoms with van der Waals surface area (Å²) in [5.41, 5.74) is 3.36. The van der Waals surface area contributed by atoms with Crippen LogP contribution in [-0.4, -0.2) is 22.0 Å². The van der Waals surface area contributed by atoms with Gasteiger partial charge in [0.2, 0.25) is 0 Å². The van der Waals surface area contributed by atoms with Gasteiger partial charge in [0, 0.05) is 18.3 Å². The van der Waals surface area contributed by atoms with E-state index in [4.69, 9.17) is 5.11 Å². The van der Waals surface area contributed by atoms with Crippen molar-refractivity contribution in [1.29, 1.82) is 0 Å². The molecule has 1 aromatic carbocycles. The van der Waals surface area contributed by atoms with Crippen molar-refractivity contribution in [2.45, 2.75) is 71.1 Å². The van der Waals surface area contributed by atoms with Crippen LogP contribution in [0.5, 0.6) is 5.75 Å². The second kappa shape index (κ2) is 6.65. The third-order valence-corrected chi connectivity index (χ3v) is 7.85. The normalized spacial score (nSPS) is 34.7. The number of hydrogen-bond acceptors (Lipinski definition) is 3. The van der Waals surface area contributed by atoms with Crippen molar-refractivity contribution in [2.75, 3.05) is 0 Å². The van der Waals surface area contributed by atoms with Crippen molar-refractivity contribution in [1.82, 2.24) is 0 Å². The van der Waals surface area contributed by atoms with Gasteiger partial charge in [-0.1, -0.05) is 13.0 Å². The van der Waals surface area contributed by atoms with E-state index >= 15 is 0 Å². The van der Waals surface area contributed by atoms with E-state index in [1.165, 1.54) is 11.1 Å². The van der Waals surface area contributed by atoms with Gasteiger partial charge in [0.15, 0.2) is 0 Å². The minimum absolute atomic E-state index is 0.198. The highest BCUT2D eigenvalue weighted by molar-refractivity contribution is 5.87. The van der Waals surface area contributed by atoms with E-state index in [2.05, 4.69) is 13.0 Å². The van der Waals surface area contributed by atoms with E-state index in [1.54, 1.807) is 0 Å². The van der Waals surface area contributed by atoms with Gasteiger partial charge in [0.1, 0.15) is 11.5 Å². The zero-order chi connectivity index (χ0) is 19.3. The van der Waals surface area contributed by atoms with Crippen LogP contribution in [-0.2, 0) is 16.0 Å². The number of rotatable bonds is 4. The summed E-state index contributed by atoms with van der Waals surface area (Å²) < 4.78 is 0. The first-order valence-electron chi connectivity index (χ1n) is 10.4. The zero-order valence-corrected chi connectivity index (χ0v) is 16.3. The molecule has 1 aromatic rings. The average molecular weight is 370 g/mol. The fraction of sp³-hybridized carbons (Fsp3) is 0.652. The predicted molar refractivity (Wildman–Crippen MR) is 103 cm³/mol. The van der Waals surface area contributed by atoms with E-state index < -0.39 is 5.97 Å². The molecule has 0 spiro atoms. The number of carboxylic acid groups (broad SMARTS) is 1. The second-order valence-corrected chi connectivity index (χ2v) is 9.30. The molecule has 1 unspecified atom stereocenters. The Kier molecular flexibility index (Phi) is 4.56. The summed E-state index contributed by atoms with van der Waals surface area (Å²) in [4.78, 5) is 23.8. The van der Waals surface area contributed by atoms with Crippen molar-refractivity contribution in [3.8, 4) is 5.75 Å². The number of benzene rings is 1. The van der Waals surface area contributed by atoms with Gasteiger partial charge in [-0.15, -0.1) is 0 Å². The fourth-order valence-electron chi connectivity index (χ4n) is 6.56. The summed E-state index contributed by atoms with van der Waals surface area (Å²) in [6.07, 6.45) is 6.36. The van der Waals surface area contributed by atoms with Crippen LogP contribution in [0.2, 0.25) is 0 Å². The Morgan fingerprint density at radius 2 is 2.07 bits per heavy atom. The maximum atomic E-state index is 12.9. The maximum absolute atomic E-state index is 12.9. The third-order valence-electron chi connectivity index (χ3n) is 7.85. The number of hydrogen-bond donors (Lipinski definition) is 2. The number of fused-ring (bicyclic) bond motifs is 5. The lowest BCUT2D eigenvalue weighted by atomic mass is 9.54. The Morgan fingerprint density at radius 1 is 1.30 bits per heavy atom. The SMILES string of the molecule is Cc1cc2c(cc1O)CC[C@@H]1[C@@H]2CC[C@]2(C)C(=O)CC(CCCC(=O)O)[C@@H]12. The molecular formula is C23H30O4. The van der Waals surface area contributed by atoms with Crippen LogP contribution >= 0.6 is 0 Å². The lowest BCUT2D eigenvalue weighted by Crippen LogP contribution is -2.44. The number of carbonyl (C=O) groups is 2. The molecule has 4 heteroatoms. The highest BCUT2D eigenvalue weighted by Crippen LogP contribution is 2.62. The molecule has 3 aliphatic carbocycles. The second-order valence-electron chi connectivity index (χ2n) is 9.30. The van der Waals surface area contributed by atoms with Crippen molar-refractivity contribution in [3.05, 3.63) is 28.8 Å². The molecule has 0 bridgehead atoms. The van der Waals surface area contributed by atoms with Crippen LogP contribution < -0.4 is 0 Å². The number of aliphatic carboxylic acids is 1. The molecule has 2 saturated carbocycles. The number of carbonyl (C=O) groups excluding carboxylic acids is 1. The topological polar surface area (TPSA) is 74.6 Å². The summed E-state index contributed by atoms with van der Waals surface area (Å²) >= 11 is 0. The maximum Gasteiger partial charge on any atom is 0.303 e. The number of ketones is 1. The van der Waals surface area contributed by atoms with Gasteiger partial charge in [0.05, 0.1) is 0 Å². The van der Waals surface area contributed by atoms with Crippen LogP contribution in [0, 0.1) is 30.1 Å². The molecule has 2 N–H and O–H groups in total. The molecule has 27 heavy (non-hydrogen) atoms. The van der Waals surface area contributed by atoms with Gasteiger partial charge < -0.3 is 10.2 Å². The highest BCUT2D eigenvalue weighted by atomic mass is 16.4. The quantitative estimate of drug-likeness (QED) is 0.812. The first kappa shape index (κ1) is 18.5. The van der Waals surface area contributed by atoms with Gasteiger partial charge in [-0.25, -0.2) is 0 Å². The van der Waals surface area contributed by atoms with Crippen LogP contribution in [0.1, 0.15) is 74.5 Å². The molecule has 4 nitrogen and oxygen atoms in total. The largest absolute Gasteiger partial charge is 0.508 e. The highest BCUT2D eigenvalue weighted by Gasteiger charge is 2.58. The minimum Gasteiger partial charge on any atom is -0.508 e. The minimum atomic E-state index is -0.745. The van der Waals surface area contributed by atoms with Crippen LogP contribution in [0.4, 0.5) is 0 Å². The summed E-state index contributed by atoms with van der Waals surface area (Å²) in [7, 11) is 0. The lowest BCUT2D eigenvalue weighted by molar-refractivity contribution is -0.137. The summed E-state index contributed by atoms with van der Waals surface area (Å²) in [6, 6.07) is 4.11. The van der Waals surface area contributed by atoms with Crippen LogP contribution in [0.3, 0.4) is 0 Å². The van der Waals surface area contributed by atoms with Crippen molar-refractivity contribution in [2.24, 2.45) is 23.2 Å². The Balaban J connectivity index is 1.63. The lowest BCUT2D eigenvalue weighted by Gasteiger charge is -2.50. The van der Waals surface area contributed by atoms with E-state index in [0.29, 0.717) is 48.0 Å². The molecule has 0 amide bonds. The molecule has 0 aromatic heterocycles. The van der Waals surface area contributed by atoms with E-state index in [1.807, 2.05) is 13.0 Å². The van der Waals surface area contributed by atoms with Gasteiger partial charge in [-0.3, -0.25) is 9.59 Å². The van der Waals surface area contributed by atoms with Crippen molar-refractivity contribution < 1.29 is 19.8 Å². The Bertz CT molecular complexity index is 783. The predicted octanol–water partition coefficient (Wildman–Crippen LogP) is 4.61. The summed E-state index contributed by atoms with van der Waals surface area (Å²) in [5, 5.41) is 19.1. The van der Waals surface area contributed by atoms with E-state index in [-0.39, 0.29) is 11.8 Å². The van der Waals surface area contributed by atoms with Crippen LogP contribution in [0.25, 0.3) is 0 Å². The number of phenolic OH excluding ortho intramolecular Hbond substituents is 1. The van der Waals surface area contributed by atoms with Crippen molar-refractivity contribution in [3.63, 3.8) is 0 Å². The number of aryl methyl sites for hydroxylation is 2. The number of carboxylic acids is 1. The zero-order valence-electron chi connectivity index (χ0n) is 16.3. The molecule has 5 atom stereocenters. The van der Waals surface area contributed by atoms with Gasteiger partial charge in [-0.05, 0) is 91.9 Å². The number of aromatic hydroxyl groups is 1. The smallest absolute Gasteiger partial charge is 0.303 e. The third kappa shape index (κ3) is 2.97. The number of phenols is 1. The van der Waals surface area contributed by atoms with E-state index in [0.717, 1.165) is 37.7 Å². The van der Waals surface area contributed by atoms with Gasteiger partial charge in [0.25, 0.3) is 0 Å².